The van der Waals surface area contributed by atoms with Crippen LogP contribution in [0.25, 0.3) is 10.9 Å². The van der Waals surface area contributed by atoms with Crippen LogP contribution in [-0.2, 0) is 6.42 Å². The van der Waals surface area contributed by atoms with Gasteiger partial charge in [-0.2, -0.15) is 0 Å². The molecule has 0 saturated heterocycles. The predicted octanol–water partition coefficient (Wildman–Crippen LogP) is 4.37. The van der Waals surface area contributed by atoms with E-state index in [-0.39, 0.29) is 0 Å². The van der Waals surface area contributed by atoms with E-state index in [1.54, 1.807) is 0 Å². The Kier molecular flexibility index (Phi) is 4.19. The number of hydrogen-bond donors (Lipinski definition) is 1. The maximum atomic E-state index is 10.3. The number of aromatic nitrogens is 1. The zero-order valence-electron chi connectivity index (χ0n) is 11.2. The molecule has 0 fully saturated rings. The molecule has 0 spiro atoms. The molecular formula is C16H21NO. The molecule has 96 valence electrons. The number of rotatable bonds is 5. The maximum Gasteiger partial charge on any atom is 0.129 e. The van der Waals surface area contributed by atoms with Gasteiger partial charge in [0.25, 0.3) is 0 Å². The predicted molar refractivity (Wildman–Crippen MR) is 76.0 cm³/mol. The van der Waals surface area contributed by atoms with Gasteiger partial charge in [0, 0.05) is 16.6 Å². The molecule has 1 heterocycles. The molecule has 1 aromatic heterocycles. The summed E-state index contributed by atoms with van der Waals surface area (Å²) in [6.07, 6.45) is 5.78. The number of nitrogens with zero attached hydrogens (tertiary/aromatic N) is 1. The van der Waals surface area contributed by atoms with Gasteiger partial charge in [0.15, 0.2) is 0 Å². The van der Waals surface area contributed by atoms with Crippen LogP contribution in [0.4, 0.5) is 0 Å². The summed E-state index contributed by atoms with van der Waals surface area (Å²) in [5.74, 6) is 0.426. The largest absolute Gasteiger partial charge is 0.507 e. The SMILES string of the molecule is CCCCCCc1c(C)nc2ccccc2c1O. The fraction of sp³-hybridized carbons (Fsp3) is 0.438. The highest BCUT2D eigenvalue weighted by molar-refractivity contribution is 5.86. The van der Waals surface area contributed by atoms with Gasteiger partial charge in [0.1, 0.15) is 5.75 Å². The molecule has 1 aromatic carbocycles. The Morgan fingerprint density at radius 2 is 1.89 bits per heavy atom. The molecular weight excluding hydrogens is 222 g/mol. The van der Waals surface area contributed by atoms with Gasteiger partial charge in [-0.1, -0.05) is 38.3 Å². The summed E-state index contributed by atoms with van der Waals surface area (Å²) in [6.45, 7) is 4.20. The average molecular weight is 243 g/mol. The monoisotopic (exact) mass is 243 g/mol. The average Bonchev–Trinajstić information content (AvgIpc) is 2.38. The molecule has 2 heteroatoms. The molecule has 0 bridgehead atoms. The van der Waals surface area contributed by atoms with E-state index in [1.807, 2.05) is 31.2 Å². The molecule has 1 N–H and O–H groups in total. The zero-order chi connectivity index (χ0) is 13.0. The number of unbranched alkanes of at least 4 members (excludes halogenated alkanes) is 3. The lowest BCUT2D eigenvalue weighted by atomic mass is 10.0. The number of para-hydroxylation sites is 1. The third-order valence-corrected chi connectivity index (χ3v) is 3.45. The van der Waals surface area contributed by atoms with Crippen LogP contribution in [0.2, 0.25) is 0 Å². The second kappa shape index (κ2) is 5.85. The molecule has 2 aromatic rings. The highest BCUT2D eigenvalue weighted by atomic mass is 16.3. The lowest BCUT2D eigenvalue weighted by Gasteiger charge is -2.10. The molecule has 0 radical (unpaired) electrons. The van der Waals surface area contributed by atoms with Crippen molar-refractivity contribution in [3.8, 4) is 5.75 Å². The van der Waals surface area contributed by atoms with Crippen LogP contribution in [0.5, 0.6) is 5.75 Å². The smallest absolute Gasteiger partial charge is 0.129 e. The van der Waals surface area contributed by atoms with Gasteiger partial charge in [-0.3, -0.25) is 4.98 Å². The summed E-state index contributed by atoms with van der Waals surface area (Å²) in [4.78, 5) is 4.58. The van der Waals surface area contributed by atoms with Crippen molar-refractivity contribution in [3.05, 3.63) is 35.5 Å². The van der Waals surface area contributed by atoms with Gasteiger partial charge < -0.3 is 5.11 Å². The molecule has 0 saturated carbocycles. The van der Waals surface area contributed by atoms with E-state index in [2.05, 4.69) is 11.9 Å². The lowest BCUT2D eigenvalue weighted by Crippen LogP contribution is -1.96. The molecule has 18 heavy (non-hydrogen) atoms. The first-order valence-corrected chi connectivity index (χ1v) is 6.81. The quantitative estimate of drug-likeness (QED) is 0.791. The summed E-state index contributed by atoms with van der Waals surface area (Å²) in [5, 5.41) is 11.2. The van der Waals surface area contributed by atoms with Crippen LogP contribution in [0, 0.1) is 6.92 Å². The van der Waals surface area contributed by atoms with Crippen LogP contribution in [0.15, 0.2) is 24.3 Å². The van der Waals surface area contributed by atoms with Gasteiger partial charge in [0.2, 0.25) is 0 Å². The van der Waals surface area contributed by atoms with Crippen molar-refractivity contribution in [1.29, 1.82) is 0 Å². The fourth-order valence-electron chi connectivity index (χ4n) is 2.38. The first kappa shape index (κ1) is 12.9. The maximum absolute atomic E-state index is 10.3. The van der Waals surface area contributed by atoms with Crippen molar-refractivity contribution in [3.63, 3.8) is 0 Å². The summed E-state index contributed by atoms with van der Waals surface area (Å²) >= 11 is 0. The normalized spacial score (nSPS) is 11.0. The first-order valence-electron chi connectivity index (χ1n) is 6.81. The Balaban J connectivity index is 2.27. The van der Waals surface area contributed by atoms with Crippen molar-refractivity contribution in [2.24, 2.45) is 0 Å². The zero-order valence-corrected chi connectivity index (χ0v) is 11.2. The van der Waals surface area contributed by atoms with E-state index in [9.17, 15) is 5.11 Å². The Bertz CT molecular complexity index is 534. The third kappa shape index (κ3) is 2.63. The van der Waals surface area contributed by atoms with Gasteiger partial charge in [0.05, 0.1) is 5.52 Å². The fourth-order valence-corrected chi connectivity index (χ4v) is 2.38. The number of fused-ring (bicyclic) bond motifs is 1. The molecule has 2 nitrogen and oxygen atoms in total. The molecule has 0 aliphatic heterocycles. The third-order valence-electron chi connectivity index (χ3n) is 3.45. The van der Waals surface area contributed by atoms with E-state index in [0.717, 1.165) is 35.0 Å². The van der Waals surface area contributed by atoms with Gasteiger partial charge in [-0.25, -0.2) is 0 Å². The second-order valence-corrected chi connectivity index (χ2v) is 4.85. The van der Waals surface area contributed by atoms with E-state index in [4.69, 9.17) is 0 Å². The van der Waals surface area contributed by atoms with Crippen LogP contribution in [0.1, 0.15) is 43.9 Å². The number of benzene rings is 1. The summed E-state index contributed by atoms with van der Waals surface area (Å²) in [6, 6.07) is 7.78. The van der Waals surface area contributed by atoms with Gasteiger partial charge in [-0.15, -0.1) is 0 Å². The minimum Gasteiger partial charge on any atom is -0.507 e. The molecule has 2 rings (SSSR count). The Hall–Kier alpha value is -1.57. The summed E-state index contributed by atoms with van der Waals surface area (Å²) in [7, 11) is 0. The van der Waals surface area contributed by atoms with Crippen LogP contribution < -0.4 is 0 Å². The highest BCUT2D eigenvalue weighted by Gasteiger charge is 2.10. The Morgan fingerprint density at radius 1 is 1.11 bits per heavy atom. The van der Waals surface area contributed by atoms with Gasteiger partial charge in [-0.05, 0) is 31.9 Å². The molecule has 0 amide bonds. The Labute approximate surface area is 109 Å². The second-order valence-electron chi connectivity index (χ2n) is 4.85. The van der Waals surface area contributed by atoms with Crippen molar-refractivity contribution in [1.82, 2.24) is 4.98 Å². The molecule has 0 unspecified atom stereocenters. The van der Waals surface area contributed by atoms with Crippen molar-refractivity contribution in [2.45, 2.75) is 46.0 Å². The van der Waals surface area contributed by atoms with E-state index >= 15 is 0 Å². The summed E-state index contributed by atoms with van der Waals surface area (Å²) in [5.41, 5.74) is 2.86. The van der Waals surface area contributed by atoms with Crippen LogP contribution in [0.3, 0.4) is 0 Å². The first-order chi connectivity index (χ1) is 8.74. The molecule has 0 aliphatic rings. The number of hydrogen-bond acceptors (Lipinski definition) is 2. The topological polar surface area (TPSA) is 33.1 Å². The molecule has 0 atom stereocenters. The van der Waals surface area contributed by atoms with Crippen molar-refractivity contribution >= 4 is 10.9 Å². The molecule has 0 aliphatic carbocycles. The van der Waals surface area contributed by atoms with Crippen molar-refractivity contribution < 1.29 is 5.11 Å². The lowest BCUT2D eigenvalue weighted by molar-refractivity contribution is 0.471. The minimum atomic E-state index is 0.426. The number of pyridine rings is 1. The van der Waals surface area contributed by atoms with Crippen LogP contribution in [-0.4, -0.2) is 10.1 Å². The van der Waals surface area contributed by atoms with E-state index in [0.29, 0.717) is 5.75 Å². The van der Waals surface area contributed by atoms with Crippen LogP contribution >= 0.6 is 0 Å². The van der Waals surface area contributed by atoms with E-state index in [1.165, 1.54) is 19.3 Å². The minimum absolute atomic E-state index is 0.426. The Morgan fingerprint density at radius 3 is 2.67 bits per heavy atom. The van der Waals surface area contributed by atoms with Gasteiger partial charge >= 0.3 is 0 Å². The van der Waals surface area contributed by atoms with E-state index < -0.39 is 0 Å². The number of aromatic hydroxyl groups is 1. The van der Waals surface area contributed by atoms with Crippen molar-refractivity contribution in [2.75, 3.05) is 0 Å². The summed E-state index contributed by atoms with van der Waals surface area (Å²) < 4.78 is 0. The highest BCUT2D eigenvalue weighted by Crippen LogP contribution is 2.30. The standard InChI is InChI=1S/C16H21NO/c1-3-4-5-6-9-13-12(2)17-15-11-8-7-10-14(15)16(13)18/h7-8,10-11H,3-6,9H2,1-2H3,(H,17,18). The number of aryl methyl sites for hydroxylation is 1.